The van der Waals surface area contributed by atoms with Crippen LogP contribution < -0.4 is 16.1 Å². The number of imidazole rings is 1. The largest absolute Gasteiger partial charge is 0.332 e. The fourth-order valence-corrected chi connectivity index (χ4v) is 3.97. The first-order valence-electron chi connectivity index (χ1n) is 9.00. The van der Waals surface area contributed by atoms with Gasteiger partial charge in [-0.2, -0.15) is 4.98 Å². The molecule has 1 aliphatic rings. The fourth-order valence-electron chi connectivity index (χ4n) is 3.71. The fraction of sp³-hybridized carbons (Fsp3) is 0.368. The van der Waals surface area contributed by atoms with Gasteiger partial charge in [0, 0.05) is 30.3 Å². The Labute approximate surface area is 169 Å². The Hall–Kier alpha value is -2.68. The number of rotatable bonds is 3. The van der Waals surface area contributed by atoms with Crippen molar-refractivity contribution in [3.8, 4) is 0 Å². The maximum Gasteiger partial charge on any atom is 0.332 e. The van der Waals surface area contributed by atoms with E-state index < -0.39 is 11.2 Å². The van der Waals surface area contributed by atoms with Gasteiger partial charge in [-0.05, 0) is 37.1 Å². The number of Topliss-reactive ketones (excluding diaryl/α,β-unsaturated/α-hetero) is 1. The monoisotopic (exact) mass is 445 g/mol. The highest BCUT2D eigenvalue weighted by Gasteiger charge is 2.29. The first-order valence-corrected chi connectivity index (χ1v) is 9.80. The molecule has 0 fully saturated rings. The van der Waals surface area contributed by atoms with Crippen LogP contribution in [0.5, 0.6) is 0 Å². The molecule has 3 heterocycles. The molecular weight excluding hydrogens is 426 g/mol. The molecule has 28 heavy (non-hydrogen) atoms. The van der Waals surface area contributed by atoms with Gasteiger partial charge in [0.25, 0.3) is 5.56 Å². The molecule has 0 radical (unpaired) electrons. The Balaban J connectivity index is 2.00. The van der Waals surface area contributed by atoms with Crippen molar-refractivity contribution in [2.75, 3.05) is 11.4 Å². The molecule has 2 aromatic heterocycles. The lowest BCUT2D eigenvalue weighted by Crippen LogP contribution is -2.41. The SMILES string of the molecule is CC(=O)Cn1c(=O)c2c(nc3n2C[C@@H](C)CN3c2ccc(Br)cc2)n(C)c1=O. The number of ketones is 1. The normalized spacial score (nSPS) is 16.4. The van der Waals surface area contributed by atoms with Gasteiger partial charge in [-0.15, -0.1) is 0 Å². The highest BCUT2D eigenvalue weighted by Crippen LogP contribution is 2.33. The molecule has 4 rings (SSSR count). The number of halogens is 1. The van der Waals surface area contributed by atoms with E-state index in [4.69, 9.17) is 0 Å². The Kier molecular flexibility index (Phi) is 4.49. The van der Waals surface area contributed by atoms with Gasteiger partial charge in [0.1, 0.15) is 5.78 Å². The second kappa shape index (κ2) is 6.73. The molecule has 0 amide bonds. The minimum absolute atomic E-state index is 0.242. The van der Waals surface area contributed by atoms with Gasteiger partial charge in [-0.1, -0.05) is 22.9 Å². The summed E-state index contributed by atoms with van der Waals surface area (Å²) in [7, 11) is 1.58. The van der Waals surface area contributed by atoms with E-state index in [0.717, 1.165) is 21.3 Å². The Bertz CT molecular complexity index is 1210. The van der Waals surface area contributed by atoms with Gasteiger partial charge in [0.15, 0.2) is 11.2 Å². The van der Waals surface area contributed by atoms with Crippen LogP contribution in [0.15, 0.2) is 38.3 Å². The zero-order chi connectivity index (χ0) is 20.2. The van der Waals surface area contributed by atoms with Crippen molar-refractivity contribution in [3.05, 3.63) is 49.6 Å². The molecule has 0 N–H and O–H groups in total. The van der Waals surface area contributed by atoms with Crippen LogP contribution in [-0.2, 0) is 24.9 Å². The zero-order valence-electron chi connectivity index (χ0n) is 15.8. The first kappa shape index (κ1) is 18.7. The number of fused-ring (bicyclic) bond motifs is 3. The summed E-state index contributed by atoms with van der Waals surface area (Å²) < 4.78 is 5.17. The molecule has 146 valence electrons. The number of nitrogens with zero attached hydrogens (tertiary/aromatic N) is 5. The summed E-state index contributed by atoms with van der Waals surface area (Å²) in [5.74, 6) is 0.649. The average molecular weight is 446 g/mol. The quantitative estimate of drug-likeness (QED) is 0.615. The van der Waals surface area contributed by atoms with E-state index in [1.165, 1.54) is 11.5 Å². The highest BCUT2D eigenvalue weighted by molar-refractivity contribution is 9.10. The molecule has 3 aromatic rings. The minimum Gasteiger partial charge on any atom is -0.312 e. The Morgan fingerprint density at radius 3 is 2.54 bits per heavy atom. The van der Waals surface area contributed by atoms with Crippen LogP contribution in [0.25, 0.3) is 11.2 Å². The number of benzene rings is 1. The van der Waals surface area contributed by atoms with E-state index in [0.29, 0.717) is 23.7 Å². The molecule has 0 aliphatic carbocycles. The summed E-state index contributed by atoms with van der Waals surface area (Å²) in [6, 6.07) is 7.88. The summed E-state index contributed by atoms with van der Waals surface area (Å²) in [5.41, 5.74) is 0.636. The van der Waals surface area contributed by atoms with E-state index in [9.17, 15) is 14.4 Å². The standard InChI is InChI=1S/C19H20BrN5O3/c1-11-8-23(14-6-4-13(20)5-7-14)18-21-16-15(24(18)9-11)17(27)25(10-12(2)26)19(28)22(16)3/h4-7,11H,8-10H2,1-3H3/t11-/m0/s1. The smallest absolute Gasteiger partial charge is 0.312 e. The number of anilines is 2. The van der Waals surface area contributed by atoms with Crippen LogP contribution in [0.2, 0.25) is 0 Å². The molecule has 0 saturated carbocycles. The molecular formula is C19H20BrN5O3. The number of carbonyl (C=O) groups excluding carboxylic acids is 1. The lowest BCUT2D eigenvalue weighted by atomic mass is 10.1. The van der Waals surface area contributed by atoms with Gasteiger partial charge < -0.3 is 9.47 Å². The van der Waals surface area contributed by atoms with E-state index >= 15 is 0 Å². The predicted octanol–water partition coefficient (Wildman–Crippen LogP) is 2.04. The van der Waals surface area contributed by atoms with Gasteiger partial charge in [0.05, 0.1) is 6.54 Å². The maximum absolute atomic E-state index is 13.1. The number of aryl methyl sites for hydroxylation is 1. The van der Waals surface area contributed by atoms with E-state index in [-0.39, 0.29) is 18.2 Å². The summed E-state index contributed by atoms with van der Waals surface area (Å²) in [5, 5.41) is 0. The van der Waals surface area contributed by atoms with Gasteiger partial charge in [-0.25, -0.2) is 4.79 Å². The third kappa shape index (κ3) is 2.90. The number of hydrogen-bond acceptors (Lipinski definition) is 5. The number of carbonyl (C=O) groups is 1. The second-order valence-electron chi connectivity index (χ2n) is 7.32. The molecule has 0 bridgehead atoms. The molecule has 0 saturated heterocycles. The summed E-state index contributed by atoms with van der Waals surface area (Å²) in [4.78, 5) is 44.0. The Morgan fingerprint density at radius 2 is 1.89 bits per heavy atom. The van der Waals surface area contributed by atoms with Crippen molar-refractivity contribution < 1.29 is 4.79 Å². The molecule has 1 aliphatic heterocycles. The van der Waals surface area contributed by atoms with Gasteiger partial charge in [-0.3, -0.25) is 18.7 Å². The van der Waals surface area contributed by atoms with Crippen molar-refractivity contribution in [1.29, 1.82) is 0 Å². The summed E-state index contributed by atoms with van der Waals surface area (Å²) in [6.07, 6.45) is 0. The first-order chi connectivity index (χ1) is 13.3. The molecule has 8 nitrogen and oxygen atoms in total. The van der Waals surface area contributed by atoms with Crippen LogP contribution in [0.3, 0.4) is 0 Å². The van der Waals surface area contributed by atoms with Crippen LogP contribution in [-0.4, -0.2) is 31.0 Å². The van der Waals surface area contributed by atoms with Crippen molar-refractivity contribution >= 4 is 44.5 Å². The van der Waals surface area contributed by atoms with Crippen LogP contribution in [0.4, 0.5) is 11.6 Å². The topological polar surface area (TPSA) is 82.1 Å². The average Bonchev–Trinajstić information content (AvgIpc) is 3.03. The zero-order valence-corrected chi connectivity index (χ0v) is 17.4. The molecule has 0 unspecified atom stereocenters. The molecule has 9 heteroatoms. The Morgan fingerprint density at radius 1 is 1.21 bits per heavy atom. The molecule has 0 spiro atoms. The summed E-state index contributed by atoms with van der Waals surface area (Å²) in [6.45, 7) is 4.59. The second-order valence-corrected chi connectivity index (χ2v) is 8.24. The van der Waals surface area contributed by atoms with Crippen LogP contribution in [0.1, 0.15) is 13.8 Å². The third-order valence-electron chi connectivity index (χ3n) is 4.96. The maximum atomic E-state index is 13.1. The predicted molar refractivity (Wildman–Crippen MR) is 110 cm³/mol. The van der Waals surface area contributed by atoms with E-state index in [1.54, 1.807) is 7.05 Å². The van der Waals surface area contributed by atoms with Crippen molar-refractivity contribution in [3.63, 3.8) is 0 Å². The number of aromatic nitrogens is 4. The van der Waals surface area contributed by atoms with Crippen molar-refractivity contribution in [2.24, 2.45) is 13.0 Å². The highest BCUT2D eigenvalue weighted by atomic mass is 79.9. The third-order valence-corrected chi connectivity index (χ3v) is 5.49. The van der Waals surface area contributed by atoms with Crippen molar-refractivity contribution in [2.45, 2.75) is 26.9 Å². The van der Waals surface area contributed by atoms with E-state index in [1.807, 2.05) is 28.8 Å². The van der Waals surface area contributed by atoms with Crippen LogP contribution >= 0.6 is 15.9 Å². The lowest BCUT2D eigenvalue weighted by Gasteiger charge is -2.33. The van der Waals surface area contributed by atoms with Gasteiger partial charge in [0.2, 0.25) is 5.95 Å². The molecule has 1 atom stereocenters. The van der Waals surface area contributed by atoms with Crippen LogP contribution in [0, 0.1) is 5.92 Å². The minimum atomic E-state index is -0.536. The van der Waals surface area contributed by atoms with E-state index in [2.05, 4.69) is 32.7 Å². The molecule has 1 aromatic carbocycles. The van der Waals surface area contributed by atoms with Gasteiger partial charge >= 0.3 is 5.69 Å². The van der Waals surface area contributed by atoms with Crippen molar-refractivity contribution in [1.82, 2.24) is 18.7 Å². The lowest BCUT2D eigenvalue weighted by molar-refractivity contribution is -0.117. The summed E-state index contributed by atoms with van der Waals surface area (Å²) >= 11 is 3.45. The number of hydrogen-bond donors (Lipinski definition) is 0.